The van der Waals surface area contributed by atoms with Crippen LogP contribution in [0.15, 0.2) is 64.6 Å². The molecule has 2 heterocycles. The van der Waals surface area contributed by atoms with Crippen LogP contribution in [0.1, 0.15) is 47.5 Å². The van der Waals surface area contributed by atoms with Crippen molar-refractivity contribution in [1.29, 1.82) is 0 Å². The number of epoxide rings is 1. The Hall–Kier alpha value is -1.89. The number of carbonyl (C=O) groups is 1. The summed E-state index contributed by atoms with van der Waals surface area (Å²) in [5.41, 5.74) is 1.55. The fourth-order valence-corrected chi connectivity index (χ4v) is 6.89. The monoisotopic (exact) mass is 469 g/mol. The second-order valence-corrected chi connectivity index (χ2v) is 11.8. The van der Waals surface area contributed by atoms with E-state index in [1.165, 1.54) is 17.2 Å². The first-order valence-corrected chi connectivity index (χ1v) is 12.8. The van der Waals surface area contributed by atoms with E-state index in [1.54, 1.807) is 23.1 Å². The lowest BCUT2D eigenvalue weighted by Gasteiger charge is -2.40. The molecule has 2 fully saturated rings. The van der Waals surface area contributed by atoms with Gasteiger partial charge in [-0.1, -0.05) is 67.6 Å². The van der Waals surface area contributed by atoms with Crippen molar-refractivity contribution >= 4 is 39.3 Å². The van der Waals surface area contributed by atoms with Gasteiger partial charge < -0.3 is 9.47 Å². The van der Waals surface area contributed by atoms with Gasteiger partial charge in [-0.15, -0.1) is 11.3 Å². The molecule has 0 unspecified atom stereocenters. The van der Waals surface area contributed by atoms with Crippen LogP contribution in [0.5, 0.6) is 0 Å². The van der Waals surface area contributed by atoms with Gasteiger partial charge in [0.2, 0.25) is 0 Å². The van der Waals surface area contributed by atoms with E-state index in [0.717, 1.165) is 28.5 Å². The molecule has 1 aliphatic heterocycles. The minimum absolute atomic E-state index is 0.0796. The zero-order valence-electron chi connectivity index (χ0n) is 19.4. The maximum Gasteiger partial charge on any atom is 0.302 e. The molecule has 0 bridgehead atoms. The van der Waals surface area contributed by atoms with E-state index in [2.05, 4.69) is 81.3 Å². The number of rotatable bonds is 7. The molecule has 1 saturated carbocycles. The molecule has 4 rings (SSSR count). The van der Waals surface area contributed by atoms with E-state index in [9.17, 15) is 4.79 Å². The molecule has 1 aromatic carbocycles. The molecule has 32 heavy (non-hydrogen) atoms. The first-order chi connectivity index (χ1) is 15.1. The molecular formula is C26H31NO3S2. The highest BCUT2D eigenvalue weighted by Gasteiger charge is 2.75. The molecule has 0 radical (unpaired) electrons. The molecule has 6 heteroatoms. The highest BCUT2D eigenvalue weighted by atomic mass is 32.2. The van der Waals surface area contributed by atoms with Crippen LogP contribution in [0.25, 0.3) is 10.2 Å². The third-order valence-electron chi connectivity index (χ3n) is 6.48. The summed E-state index contributed by atoms with van der Waals surface area (Å²) >= 11 is 3.50. The lowest BCUT2D eigenvalue weighted by molar-refractivity contribution is -0.149. The fraction of sp³-hybridized carbons (Fsp3) is 0.462. The Bertz CT molecular complexity index is 1070. The normalized spacial score (nSPS) is 29.5. The standard InChI is InChI=1S/C26H31NO3S2/c1-18(10-8-9-15-31-23-27-21-11-6-7-12-22(21)32-23)13-14-26-24(3,4)16-20(29-19(2)28)17-25(26,5)30-26/h6-14,20H,15-17H2,1-5H3/b9-8+,14-13+,18-10+/t20-,25+,26-/m0/s1. The average molecular weight is 470 g/mol. The third-order valence-corrected chi connectivity index (χ3v) is 8.61. The molecule has 2 aliphatic rings. The van der Waals surface area contributed by atoms with Crippen LogP contribution in [0, 0.1) is 5.41 Å². The number of ether oxygens (including phenoxy) is 2. The molecule has 170 valence electrons. The van der Waals surface area contributed by atoms with Crippen LogP contribution in [-0.4, -0.2) is 34.0 Å². The van der Waals surface area contributed by atoms with Gasteiger partial charge in [-0.05, 0) is 38.5 Å². The van der Waals surface area contributed by atoms with E-state index in [1.807, 2.05) is 6.07 Å². The van der Waals surface area contributed by atoms with Crippen molar-refractivity contribution in [3.8, 4) is 0 Å². The van der Waals surface area contributed by atoms with Crippen LogP contribution in [-0.2, 0) is 14.3 Å². The highest BCUT2D eigenvalue weighted by Crippen LogP contribution is 2.66. The lowest BCUT2D eigenvalue weighted by Crippen LogP contribution is -2.47. The predicted octanol–water partition coefficient (Wildman–Crippen LogP) is 6.73. The van der Waals surface area contributed by atoms with E-state index in [4.69, 9.17) is 9.47 Å². The van der Waals surface area contributed by atoms with Gasteiger partial charge in [-0.2, -0.15) is 0 Å². The summed E-state index contributed by atoms with van der Waals surface area (Å²) < 4.78 is 14.2. The highest BCUT2D eigenvalue weighted by molar-refractivity contribution is 8.01. The van der Waals surface area contributed by atoms with Gasteiger partial charge in [0, 0.05) is 24.5 Å². The molecule has 1 aromatic heterocycles. The number of aromatic nitrogens is 1. The average Bonchev–Trinajstić information content (AvgIpc) is 3.12. The molecule has 3 atom stereocenters. The van der Waals surface area contributed by atoms with Crippen LogP contribution < -0.4 is 0 Å². The fourth-order valence-electron chi connectivity index (χ4n) is 4.97. The van der Waals surface area contributed by atoms with Gasteiger partial charge in [0.25, 0.3) is 0 Å². The van der Waals surface area contributed by atoms with E-state index >= 15 is 0 Å². The number of esters is 1. The number of para-hydroxylation sites is 1. The number of nitrogens with zero attached hydrogens (tertiary/aromatic N) is 1. The zero-order chi connectivity index (χ0) is 23.0. The minimum atomic E-state index is -0.307. The summed E-state index contributed by atoms with van der Waals surface area (Å²) in [7, 11) is 0. The van der Waals surface area contributed by atoms with Crippen LogP contribution >= 0.6 is 23.1 Å². The van der Waals surface area contributed by atoms with Crippen molar-refractivity contribution in [3.05, 3.63) is 60.2 Å². The van der Waals surface area contributed by atoms with Crippen molar-refractivity contribution in [2.24, 2.45) is 5.41 Å². The van der Waals surface area contributed by atoms with E-state index in [0.29, 0.717) is 0 Å². The summed E-state index contributed by atoms with van der Waals surface area (Å²) in [6.45, 7) is 10.1. The molecule has 1 saturated heterocycles. The number of fused-ring (bicyclic) bond motifs is 2. The van der Waals surface area contributed by atoms with Gasteiger partial charge in [0.05, 0.1) is 10.2 Å². The molecule has 2 aromatic rings. The summed E-state index contributed by atoms with van der Waals surface area (Å²) in [4.78, 5) is 16.1. The van der Waals surface area contributed by atoms with Crippen LogP contribution in [0.3, 0.4) is 0 Å². The molecule has 0 spiro atoms. The number of thiazole rings is 1. The summed E-state index contributed by atoms with van der Waals surface area (Å²) in [5.74, 6) is 0.674. The Morgan fingerprint density at radius 1 is 1.28 bits per heavy atom. The van der Waals surface area contributed by atoms with Crippen molar-refractivity contribution in [2.45, 2.75) is 69.1 Å². The van der Waals surface area contributed by atoms with Gasteiger partial charge >= 0.3 is 5.97 Å². The SMILES string of the molecule is CC(=O)O[C@H]1CC(C)(C)[C@]2(/C=C/C(C)=C/C=C/CSc3nc4ccccc4s3)O[C@]2(C)C1. The maximum absolute atomic E-state index is 11.4. The summed E-state index contributed by atoms with van der Waals surface area (Å²) in [6, 6.07) is 8.25. The number of hydrogen-bond acceptors (Lipinski definition) is 6. The Morgan fingerprint density at radius 3 is 2.78 bits per heavy atom. The zero-order valence-corrected chi connectivity index (χ0v) is 21.0. The second-order valence-electron chi connectivity index (χ2n) is 9.52. The minimum Gasteiger partial charge on any atom is -0.462 e. The molecule has 0 amide bonds. The van der Waals surface area contributed by atoms with E-state index < -0.39 is 0 Å². The van der Waals surface area contributed by atoms with Gasteiger partial charge in [0.15, 0.2) is 4.34 Å². The molecule has 1 aliphatic carbocycles. The molecule has 4 nitrogen and oxygen atoms in total. The predicted molar refractivity (Wildman–Crippen MR) is 133 cm³/mol. The smallest absolute Gasteiger partial charge is 0.302 e. The number of allylic oxidation sites excluding steroid dienone is 4. The third kappa shape index (κ3) is 4.59. The largest absolute Gasteiger partial charge is 0.462 e. The van der Waals surface area contributed by atoms with Gasteiger partial charge in [-0.3, -0.25) is 4.79 Å². The Balaban J connectivity index is 1.33. The molecule has 0 N–H and O–H groups in total. The van der Waals surface area contributed by atoms with Crippen molar-refractivity contribution < 1.29 is 14.3 Å². The van der Waals surface area contributed by atoms with Crippen molar-refractivity contribution in [3.63, 3.8) is 0 Å². The topological polar surface area (TPSA) is 51.7 Å². The lowest BCUT2D eigenvalue weighted by atomic mass is 9.63. The second kappa shape index (κ2) is 8.81. The Kier molecular flexibility index (Phi) is 6.40. The quantitative estimate of drug-likeness (QED) is 0.195. The molecular weight excluding hydrogens is 438 g/mol. The summed E-state index contributed by atoms with van der Waals surface area (Å²) in [6.07, 6.45) is 12.2. The number of carbonyl (C=O) groups excluding carboxylic acids is 1. The van der Waals surface area contributed by atoms with Crippen LogP contribution in [0.2, 0.25) is 0 Å². The number of benzene rings is 1. The van der Waals surface area contributed by atoms with Gasteiger partial charge in [0.1, 0.15) is 17.3 Å². The van der Waals surface area contributed by atoms with Gasteiger partial charge in [-0.25, -0.2) is 4.98 Å². The summed E-state index contributed by atoms with van der Waals surface area (Å²) in [5, 5.41) is 0. The Labute approximate surface area is 198 Å². The number of thioether (sulfide) groups is 1. The first kappa shape index (κ1) is 23.3. The first-order valence-electron chi connectivity index (χ1n) is 11.0. The van der Waals surface area contributed by atoms with E-state index in [-0.39, 0.29) is 28.7 Å². The Morgan fingerprint density at radius 2 is 2.06 bits per heavy atom. The van der Waals surface area contributed by atoms with Crippen molar-refractivity contribution in [2.75, 3.05) is 5.75 Å². The number of hydrogen-bond donors (Lipinski definition) is 0. The van der Waals surface area contributed by atoms with Crippen molar-refractivity contribution in [1.82, 2.24) is 4.98 Å². The van der Waals surface area contributed by atoms with Crippen LogP contribution in [0.4, 0.5) is 0 Å². The maximum atomic E-state index is 11.4.